The number of carbonyl (C=O) groups excluding carboxylic acids is 2. The van der Waals surface area contributed by atoms with Gasteiger partial charge in [0.05, 0.1) is 0 Å². The highest BCUT2D eigenvalue weighted by Gasteiger charge is 2.18. The molecule has 0 saturated carbocycles. The van der Waals surface area contributed by atoms with Crippen molar-refractivity contribution in [1.82, 2.24) is 15.5 Å². The molecule has 0 spiro atoms. The van der Waals surface area contributed by atoms with Gasteiger partial charge in [-0.05, 0) is 48.7 Å². The number of benzene rings is 2. The molecule has 0 aromatic heterocycles. The van der Waals surface area contributed by atoms with Gasteiger partial charge in [0.15, 0.2) is 0 Å². The number of amides is 2. The summed E-state index contributed by atoms with van der Waals surface area (Å²) in [6.07, 6.45) is 1.04. The topological polar surface area (TPSA) is 61.4 Å². The van der Waals surface area contributed by atoms with Crippen LogP contribution in [0.1, 0.15) is 28.4 Å². The van der Waals surface area contributed by atoms with E-state index < -0.39 is 6.04 Å². The second-order valence-electron chi connectivity index (χ2n) is 6.79. The molecular formula is C21H24ClN3O2. The van der Waals surface area contributed by atoms with Crippen molar-refractivity contribution in [3.63, 3.8) is 0 Å². The van der Waals surface area contributed by atoms with Crippen molar-refractivity contribution in [2.75, 3.05) is 19.6 Å². The first-order valence-electron chi connectivity index (χ1n) is 9.16. The summed E-state index contributed by atoms with van der Waals surface area (Å²) in [4.78, 5) is 26.7. The van der Waals surface area contributed by atoms with Gasteiger partial charge in [0, 0.05) is 36.8 Å². The van der Waals surface area contributed by atoms with E-state index in [1.54, 1.807) is 31.2 Å². The number of halogens is 1. The number of carbonyl (C=O) groups is 2. The zero-order chi connectivity index (χ0) is 19.2. The molecule has 2 amide bonds. The third kappa shape index (κ3) is 5.31. The lowest BCUT2D eigenvalue weighted by Crippen LogP contribution is -2.47. The van der Waals surface area contributed by atoms with E-state index in [2.05, 4.69) is 39.8 Å². The molecule has 1 unspecified atom stereocenters. The summed E-state index contributed by atoms with van der Waals surface area (Å²) in [5.41, 5.74) is 3.25. The zero-order valence-electron chi connectivity index (χ0n) is 15.4. The maximum atomic E-state index is 12.2. The minimum atomic E-state index is -0.602. The molecule has 2 aromatic rings. The van der Waals surface area contributed by atoms with Crippen molar-refractivity contribution < 1.29 is 9.59 Å². The van der Waals surface area contributed by atoms with Gasteiger partial charge >= 0.3 is 0 Å². The Bertz CT molecular complexity index is 807. The molecule has 1 aliphatic rings. The minimum Gasteiger partial charge on any atom is -0.353 e. The Labute approximate surface area is 164 Å². The van der Waals surface area contributed by atoms with E-state index in [9.17, 15) is 9.59 Å². The van der Waals surface area contributed by atoms with Crippen molar-refractivity contribution in [3.05, 3.63) is 70.2 Å². The van der Waals surface area contributed by atoms with Crippen LogP contribution in [0.3, 0.4) is 0 Å². The van der Waals surface area contributed by atoms with Gasteiger partial charge in [-0.2, -0.15) is 0 Å². The quantitative estimate of drug-likeness (QED) is 0.803. The van der Waals surface area contributed by atoms with Crippen molar-refractivity contribution >= 4 is 23.4 Å². The van der Waals surface area contributed by atoms with Crippen molar-refractivity contribution in [2.45, 2.75) is 25.9 Å². The van der Waals surface area contributed by atoms with Gasteiger partial charge < -0.3 is 10.6 Å². The van der Waals surface area contributed by atoms with Crippen LogP contribution in [0.25, 0.3) is 0 Å². The lowest BCUT2D eigenvalue weighted by Gasteiger charge is -2.28. The van der Waals surface area contributed by atoms with Gasteiger partial charge in [0.1, 0.15) is 6.04 Å². The van der Waals surface area contributed by atoms with Crippen LogP contribution in [-0.4, -0.2) is 42.4 Å². The molecule has 3 rings (SSSR count). The molecule has 2 N–H and O–H groups in total. The second kappa shape index (κ2) is 9.02. The number of nitrogens with zero attached hydrogens (tertiary/aromatic N) is 1. The Morgan fingerprint density at radius 1 is 1.11 bits per heavy atom. The number of hydrogen-bond donors (Lipinski definition) is 2. The average Bonchev–Trinajstić information content (AvgIpc) is 2.68. The fourth-order valence-electron chi connectivity index (χ4n) is 3.18. The highest BCUT2D eigenvalue weighted by molar-refractivity contribution is 6.30. The van der Waals surface area contributed by atoms with Crippen molar-refractivity contribution in [1.29, 1.82) is 0 Å². The van der Waals surface area contributed by atoms with Crippen molar-refractivity contribution in [2.24, 2.45) is 0 Å². The molecule has 27 heavy (non-hydrogen) atoms. The first-order chi connectivity index (χ1) is 13.0. The molecule has 0 saturated heterocycles. The van der Waals surface area contributed by atoms with Crippen LogP contribution in [0.5, 0.6) is 0 Å². The normalized spacial score (nSPS) is 14.9. The fourth-order valence-corrected chi connectivity index (χ4v) is 3.31. The van der Waals surface area contributed by atoms with Gasteiger partial charge in [0.25, 0.3) is 5.91 Å². The maximum Gasteiger partial charge on any atom is 0.251 e. The van der Waals surface area contributed by atoms with Crippen LogP contribution in [0.15, 0.2) is 48.5 Å². The van der Waals surface area contributed by atoms with Gasteiger partial charge in [-0.25, -0.2) is 0 Å². The van der Waals surface area contributed by atoms with Gasteiger partial charge in [-0.3, -0.25) is 14.5 Å². The van der Waals surface area contributed by atoms with Gasteiger partial charge in [0.2, 0.25) is 5.91 Å². The monoisotopic (exact) mass is 385 g/mol. The standard InChI is InChI=1S/C21H24ClN3O2/c1-15(24-21(27)17-6-8-19(22)9-7-17)20(26)23-11-13-25-12-10-16-4-2-3-5-18(16)14-25/h2-9,15H,10-14H2,1H3,(H,23,26)(H,24,27). The zero-order valence-corrected chi connectivity index (χ0v) is 16.1. The highest BCUT2D eigenvalue weighted by Crippen LogP contribution is 2.17. The molecule has 0 fully saturated rings. The molecule has 1 atom stereocenters. The van der Waals surface area contributed by atoms with Crippen LogP contribution in [0.2, 0.25) is 5.02 Å². The Morgan fingerprint density at radius 2 is 1.81 bits per heavy atom. The van der Waals surface area contributed by atoms with E-state index in [-0.39, 0.29) is 11.8 Å². The predicted molar refractivity (Wildman–Crippen MR) is 107 cm³/mol. The smallest absolute Gasteiger partial charge is 0.251 e. The van der Waals surface area contributed by atoms with E-state index in [1.165, 1.54) is 11.1 Å². The summed E-state index contributed by atoms with van der Waals surface area (Å²) in [5.74, 6) is -0.475. The van der Waals surface area contributed by atoms with E-state index in [0.29, 0.717) is 17.1 Å². The molecule has 6 heteroatoms. The third-order valence-corrected chi connectivity index (χ3v) is 5.04. The predicted octanol–water partition coefficient (Wildman–Crippen LogP) is 2.63. The fraction of sp³-hybridized carbons (Fsp3) is 0.333. The van der Waals surface area contributed by atoms with Crippen LogP contribution < -0.4 is 10.6 Å². The summed E-state index contributed by atoms with van der Waals surface area (Å²) >= 11 is 5.82. The average molecular weight is 386 g/mol. The minimum absolute atomic E-state index is 0.185. The molecule has 5 nitrogen and oxygen atoms in total. The summed E-state index contributed by atoms with van der Waals surface area (Å²) in [6.45, 7) is 4.94. The first kappa shape index (κ1) is 19.4. The highest BCUT2D eigenvalue weighted by atomic mass is 35.5. The largest absolute Gasteiger partial charge is 0.353 e. The second-order valence-corrected chi connectivity index (χ2v) is 7.22. The number of fused-ring (bicyclic) bond motifs is 1. The van der Waals surface area contributed by atoms with Crippen LogP contribution in [0, 0.1) is 0 Å². The van der Waals surface area contributed by atoms with Crippen molar-refractivity contribution in [3.8, 4) is 0 Å². The number of hydrogen-bond acceptors (Lipinski definition) is 3. The molecule has 1 heterocycles. The van der Waals surface area contributed by atoms with Crippen LogP contribution in [0.4, 0.5) is 0 Å². The third-order valence-electron chi connectivity index (χ3n) is 4.78. The molecular weight excluding hydrogens is 362 g/mol. The first-order valence-corrected chi connectivity index (χ1v) is 9.54. The van der Waals surface area contributed by atoms with E-state index in [0.717, 1.165) is 26.1 Å². The number of nitrogens with one attached hydrogen (secondary N) is 2. The molecule has 1 aliphatic heterocycles. The van der Waals surface area contributed by atoms with Gasteiger partial charge in [-0.15, -0.1) is 0 Å². The molecule has 0 aliphatic carbocycles. The van der Waals surface area contributed by atoms with E-state index in [1.807, 2.05) is 0 Å². The SMILES string of the molecule is CC(NC(=O)c1ccc(Cl)cc1)C(=O)NCCN1CCc2ccccc2C1. The Kier molecular flexibility index (Phi) is 6.48. The summed E-state index contributed by atoms with van der Waals surface area (Å²) in [5, 5.41) is 6.18. The Morgan fingerprint density at radius 3 is 2.56 bits per heavy atom. The molecule has 2 aromatic carbocycles. The van der Waals surface area contributed by atoms with Gasteiger partial charge in [-0.1, -0.05) is 35.9 Å². The Balaban J connectivity index is 1.41. The number of rotatable bonds is 6. The molecule has 0 bridgehead atoms. The summed E-state index contributed by atoms with van der Waals surface area (Å²) < 4.78 is 0. The van der Waals surface area contributed by atoms with E-state index in [4.69, 9.17) is 11.6 Å². The lowest BCUT2D eigenvalue weighted by atomic mass is 10.00. The van der Waals surface area contributed by atoms with Crippen LogP contribution >= 0.6 is 11.6 Å². The lowest BCUT2D eigenvalue weighted by molar-refractivity contribution is -0.122. The summed E-state index contributed by atoms with van der Waals surface area (Å²) in [6, 6.07) is 14.5. The summed E-state index contributed by atoms with van der Waals surface area (Å²) in [7, 11) is 0. The molecule has 0 radical (unpaired) electrons. The van der Waals surface area contributed by atoms with E-state index >= 15 is 0 Å². The maximum absolute atomic E-state index is 12.2. The molecule has 142 valence electrons. The van der Waals surface area contributed by atoms with Crippen LogP contribution in [-0.2, 0) is 17.8 Å². The Hall–Kier alpha value is -2.37.